The lowest BCUT2D eigenvalue weighted by molar-refractivity contribution is 0.111. The van der Waals surface area contributed by atoms with Crippen LogP contribution in [0.1, 0.15) is 30.1 Å². The molecular weight excluding hydrogens is 339 g/mol. The smallest absolute Gasteiger partial charge is 0.360 e. The van der Waals surface area contributed by atoms with Crippen LogP contribution in [-0.4, -0.2) is 27.1 Å². The molecule has 0 atom stereocenters. The van der Waals surface area contributed by atoms with Crippen LogP contribution in [-0.2, 0) is 13.6 Å². The molecule has 6 heteroatoms. The summed E-state index contributed by atoms with van der Waals surface area (Å²) < 4.78 is 28.1. The topological polar surface area (TPSA) is 61.8 Å². The van der Waals surface area contributed by atoms with Gasteiger partial charge in [0.05, 0.1) is 17.5 Å². The maximum absolute atomic E-state index is 12.4. The highest BCUT2D eigenvalue weighted by Crippen LogP contribution is 2.45. The van der Waals surface area contributed by atoms with Crippen molar-refractivity contribution in [2.45, 2.75) is 19.8 Å². The van der Waals surface area contributed by atoms with Gasteiger partial charge in [0.15, 0.2) is 6.29 Å². The number of aldehydes is 1. The van der Waals surface area contributed by atoms with Crippen molar-refractivity contribution < 1.29 is 23.1 Å². The van der Waals surface area contributed by atoms with Crippen LogP contribution >= 0.6 is 7.60 Å². The fourth-order valence-corrected chi connectivity index (χ4v) is 3.47. The molecule has 0 heterocycles. The molecule has 25 heavy (non-hydrogen) atoms. The van der Waals surface area contributed by atoms with Crippen molar-refractivity contribution in [2.75, 3.05) is 20.8 Å². The average molecular weight is 362 g/mol. The SMILES string of the molecule is CCCCOc1cc(-c2ccc(P(=O)(OC)OC)cc2)ccc1C=O. The predicted octanol–water partition coefficient (Wildman–Crippen LogP) is 4.46. The summed E-state index contributed by atoms with van der Waals surface area (Å²) in [5, 5.41) is 0.491. The van der Waals surface area contributed by atoms with Gasteiger partial charge < -0.3 is 13.8 Å². The third-order valence-electron chi connectivity index (χ3n) is 3.89. The van der Waals surface area contributed by atoms with Gasteiger partial charge in [-0.25, -0.2) is 0 Å². The lowest BCUT2D eigenvalue weighted by Crippen LogP contribution is -2.07. The van der Waals surface area contributed by atoms with E-state index < -0.39 is 7.60 Å². The van der Waals surface area contributed by atoms with Gasteiger partial charge in [0, 0.05) is 14.2 Å². The van der Waals surface area contributed by atoms with Gasteiger partial charge in [-0.3, -0.25) is 9.36 Å². The third-order valence-corrected chi connectivity index (χ3v) is 5.79. The second-order valence-corrected chi connectivity index (χ2v) is 7.72. The summed E-state index contributed by atoms with van der Waals surface area (Å²) in [6.07, 6.45) is 2.75. The predicted molar refractivity (Wildman–Crippen MR) is 98.9 cm³/mol. The highest BCUT2D eigenvalue weighted by Gasteiger charge is 2.23. The fraction of sp³-hybridized carbons (Fsp3) is 0.316. The maximum Gasteiger partial charge on any atom is 0.360 e. The number of benzene rings is 2. The normalized spacial score (nSPS) is 11.3. The van der Waals surface area contributed by atoms with Crippen LogP contribution < -0.4 is 10.0 Å². The highest BCUT2D eigenvalue weighted by molar-refractivity contribution is 7.62. The number of rotatable bonds is 9. The first-order chi connectivity index (χ1) is 12.1. The molecule has 5 nitrogen and oxygen atoms in total. The summed E-state index contributed by atoms with van der Waals surface area (Å²) in [6, 6.07) is 12.6. The van der Waals surface area contributed by atoms with Gasteiger partial charge in [-0.2, -0.15) is 0 Å². The monoisotopic (exact) mass is 362 g/mol. The lowest BCUT2D eigenvalue weighted by atomic mass is 10.0. The first kappa shape index (κ1) is 19.4. The van der Waals surface area contributed by atoms with Crippen LogP contribution in [0.2, 0.25) is 0 Å². The Balaban J connectivity index is 2.30. The van der Waals surface area contributed by atoms with E-state index in [4.69, 9.17) is 13.8 Å². The standard InChI is InChI=1S/C19H23O5P/c1-4-5-12-24-19-13-16(6-7-17(19)14-20)15-8-10-18(11-9-15)25(21,22-2)23-3/h6-11,13-14H,4-5,12H2,1-3H3. The van der Waals surface area contributed by atoms with Crippen LogP contribution in [0.4, 0.5) is 0 Å². The zero-order valence-corrected chi connectivity index (χ0v) is 15.6. The van der Waals surface area contributed by atoms with E-state index in [2.05, 4.69) is 6.92 Å². The Morgan fingerprint density at radius 1 is 1.00 bits per heavy atom. The highest BCUT2D eigenvalue weighted by atomic mass is 31.2. The minimum absolute atomic E-state index is 0.491. The van der Waals surface area contributed by atoms with Crippen molar-refractivity contribution in [3.8, 4) is 16.9 Å². The van der Waals surface area contributed by atoms with Crippen molar-refractivity contribution in [1.29, 1.82) is 0 Å². The van der Waals surface area contributed by atoms with Gasteiger partial charge in [0.1, 0.15) is 5.75 Å². The van der Waals surface area contributed by atoms with Gasteiger partial charge in [0.25, 0.3) is 0 Å². The molecule has 0 saturated heterocycles. The van der Waals surface area contributed by atoms with Crippen LogP contribution in [0.5, 0.6) is 5.75 Å². The van der Waals surface area contributed by atoms with Crippen molar-refractivity contribution in [3.05, 3.63) is 48.0 Å². The minimum atomic E-state index is -3.26. The Morgan fingerprint density at radius 3 is 2.20 bits per heavy atom. The molecule has 0 N–H and O–H groups in total. The van der Waals surface area contributed by atoms with Gasteiger partial charge in [-0.1, -0.05) is 31.5 Å². The summed E-state index contributed by atoms with van der Waals surface area (Å²) >= 11 is 0. The Kier molecular flexibility index (Phi) is 6.94. The Morgan fingerprint density at radius 2 is 1.64 bits per heavy atom. The van der Waals surface area contributed by atoms with Crippen LogP contribution in [0.15, 0.2) is 42.5 Å². The molecule has 0 radical (unpaired) electrons. The van der Waals surface area contributed by atoms with Gasteiger partial charge in [0.2, 0.25) is 0 Å². The molecule has 0 amide bonds. The molecule has 134 valence electrons. The second-order valence-electron chi connectivity index (χ2n) is 5.48. The number of hydrogen-bond acceptors (Lipinski definition) is 5. The molecule has 2 rings (SSSR count). The average Bonchev–Trinajstić information content (AvgIpc) is 2.67. The second kappa shape index (κ2) is 8.95. The first-order valence-electron chi connectivity index (χ1n) is 8.12. The number of unbranched alkanes of at least 4 members (excludes halogenated alkanes) is 1. The number of carbonyl (C=O) groups excluding carboxylic acids is 1. The molecule has 2 aromatic rings. The summed E-state index contributed by atoms with van der Waals surface area (Å²) in [4.78, 5) is 11.2. The number of ether oxygens (including phenoxy) is 1. The van der Waals surface area contributed by atoms with Crippen molar-refractivity contribution in [2.24, 2.45) is 0 Å². The van der Waals surface area contributed by atoms with E-state index in [0.717, 1.165) is 30.3 Å². The first-order valence-corrected chi connectivity index (χ1v) is 9.66. The fourth-order valence-electron chi connectivity index (χ4n) is 2.38. The van der Waals surface area contributed by atoms with Gasteiger partial charge in [-0.05, 0) is 41.8 Å². The zero-order chi connectivity index (χ0) is 18.3. The van der Waals surface area contributed by atoms with Crippen molar-refractivity contribution in [1.82, 2.24) is 0 Å². The number of carbonyl (C=O) groups is 1. The molecule has 0 spiro atoms. The molecule has 0 aliphatic carbocycles. The molecule has 0 unspecified atom stereocenters. The van der Waals surface area contributed by atoms with Crippen molar-refractivity contribution >= 4 is 19.2 Å². The lowest BCUT2D eigenvalue weighted by Gasteiger charge is -2.14. The van der Waals surface area contributed by atoms with Gasteiger partial charge >= 0.3 is 7.60 Å². The summed E-state index contributed by atoms with van der Waals surface area (Å²) in [5.74, 6) is 0.574. The molecule has 0 aliphatic rings. The minimum Gasteiger partial charge on any atom is -0.493 e. The van der Waals surface area contributed by atoms with E-state index in [0.29, 0.717) is 23.2 Å². The molecular formula is C19H23O5P. The van der Waals surface area contributed by atoms with E-state index >= 15 is 0 Å². The third kappa shape index (κ3) is 4.57. The van der Waals surface area contributed by atoms with E-state index in [1.807, 2.05) is 24.3 Å². The Bertz CT molecular complexity index is 747. The summed E-state index contributed by atoms with van der Waals surface area (Å²) in [6.45, 7) is 2.66. The quantitative estimate of drug-likeness (QED) is 0.374. The molecule has 0 fully saturated rings. The maximum atomic E-state index is 12.4. The van der Waals surface area contributed by atoms with Crippen LogP contribution in [0, 0.1) is 0 Å². The summed E-state index contributed by atoms with van der Waals surface area (Å²) in [5.41, 5.74) is 2.35. The molecule has 2 aromatic carbocycles. The van der Waals surface area contributed by atoms with Crippen LogP contribution in [0.3, 0.4) is 0 Å². The largest absolute Gasteiger partial charge is 0.493 e. The van der Waals surface area contributed by atoms with E-state index in [1.165, 1.54) is 14.2 Å². The van der Waals surface area contributed by atoms with E-state index in [1.54, 1.807) is 18.2 Å². The molecule has 0 saturated carbocycles. The molecule has 0 bridgehead atoms. The summed E-state index contributed by atoms with van der Waals surface area (Å²) in [7, 11) is -0.542. The van der Waals surface area contributed by atoms with E-state index in [9.17, 15) is 9.36 Å². The Hall–Kier alpha value is -1.94. The van der Waals surface area contributed by atoms with Crippen LogP contribution in [0.25, 0.3) is 11.1 Å². The van der Waals surface area contributed by atoms with Crippen molar-refractivity contribution in [3.63, 3.8) is 0 Å². The number of hydrogen-bond donors (Lipinski definition) is 0. The van der Waals surface area contributed by atoms with E-state index in [-0.39, 0.29) is 0 Å². The van der Waals surface area contributed by atoms with Gasteiger partial charge in [-0.15, -0.1) is 0 Å². The molecule has 0 aliphatic heterocycles. The Labute approximate surface area is 148 Å². The molecule has 0 aromatic heterocycles. The zero-order valence-electron chi connectivity index (χ0n) is 14.7.